The number of anilines is 3. The standard InChI is InChI=1S/C27H30Cl2N6O5.C26H26Cl2N8O4.CH4/c1-6-21(37)31-18-12-34(15(3)36)13-19(18)32-27-30-11-16-10-17(26(38)35(7-8-39-4)25(16)33-27)22-23(28)14(2)9-20(40-5)24(22)29;1-5-20(37)31-15-11-36(19-6-7-30-34-19)12-16(15)32-26-29-10-13-8-14(25(38)35(2)24(13)33-26)21-22(27)17(39-3)9-18(40-4)23(21)28;/h6,9-11,18-19H,1,7-8,12-13H2,2-5H3,(H,31,37)(H,30,32,33);5-10,15-16H,1,11-12H2,2-4H3,(H,30,34)(H,31,37)(H,29,32,33);1H4/t;15-,16+;/m.1./s1. The van der Waals surface area contributed by atoms with Crippen molar-refractivity contribution < 1.29 is 33.3 Å². The molecule has 7 heterocycles. The van der Waals surface area contributed by atoms with Crippen molar-refractivity contribution in [1.82, 2.24) is 54.8 Å². The first-order chi connectivity index (χ1) is 38.3. The average Bonchev–Trinajstić information content (AvgIpc) is 3.92. The summed E-state index contributed by atoms with van der Waals surface area (Å²) in [6, 6.07) is 7.11. The van der Waals surface area contributed by atoms with Gasteiger partial charge in [0.2, 0.25) is 29.6 Å². The van der Waals surface area contributed by atoms with Crippen molar-refractivity contribution in [2.75, 3.05) is 76.8 Å². The van der Waals surface area contributed by atoms with Gasteiger partial charge in [0.1, 0.15) is 34.4 Å². The van der Waals surface area contributed by atoms with E-state index in [9.17, 15) is 24.0 Å². The van der Waals surface area contributed by atoms with Crippen LogP contribution in [0.4, 0.5) is 17.7 Å². The normalized spacial score (nSPS) is 16.5. The number of carbonyl (C=O) groups excluding carboxylic acids is 3. The zero-order valence-electron chi connectivity index (χ0n) is 44.5. The summed E-state index contributed by atoms with van der Waals surface area (Å²) in [5, 5.41) is 21.3. The van der Waals surface area contributed by atoms with Crippen LogP contribution in [0.1, 0.15) is 19.9 Å². The van der Waals surface area contributed by atoms with Crippen LogP contribution in [0.3, 0.4) is 0 Å². The summed E-state index contributed by atoms with van der Waals surface area (Å²) in [7, 11) is 7.56. The lowest BCUT2D eigenvalue weighted by atomic mass is 10.0. The molecule has 2 saturated heterocycles. The number of halogens is 4. The Kier molecular flexibility index (Phi) is 19.5. The molecule has 2 aromatic carbocycles. The zero-order chi connectivity index (χ0) is 57.7. The van der Waals surface area contributed by atoms with E-state index in [4.69, 9.17) is 65.4 Å². The summed E-state index contributed by atoms with van der Waals surface area (Å²) < 4.78 is 24.3. The van der Waals surface area contributed by atoms with Crippen LogP contribution in [-0.4, -0.2) is 147 Å². The van der Waals surface area contributed by atoms with Crippen molar-refractivity contribution in [2.24, 2.45) is 7.05 Å². The molecular weight excluding hydrogens is 1130 g/mol. The topological polar surface area (TPSA) is 267 Å². The molecule has 0 saturated carbocycles. The second kappa shape index (κ2) is 26.1. The number of nitrogens with zero attached hydrogens (tertiary/aromatic N) is 9. The Morgan fingerprint density at radius 1 is 0.716 bits per heavy atom. The van der Waals surface area contributed by atoms with E-state index in [2.05, 4.69) is 69.5 Å². The molecule has 27 heteroatoms. The number of hydrogen-bond donors (Lipinski definition) is 5. The number of aryl methyl sites for hydroxylation is 2. The number of fused-ring (bicyclic) bond motifs is 2. The van der Waals surface area contributed by atoms with Gasteiger partial charge in [-0.25, -0.2) is 9.97 Å². The molecular formula is C54H60Cl4N14O9. The number of nitrogens with one attached hydrogen (secondary N) is 5. The number of ether oxygens (including phenoxy) is 4. The van der Waals surface area contributed by atoms with Crippen molar-refractivity contribution in [1.29, 1.82) is 0 Å². The Morgan fingerprint density at radius 2 is 1.21 bits per heavy atom. The number of benzene rings is 2. The number of aromatic nitrogens is 8. The first-order valence-corrected chi connectivity index (χ1v) is 26.1. The fourth-order valence-electron chi connectivity index (χ4n) is 9.43. The van der Waals surface area contributed by atoms with Crippen molar-refractivity contribution in [3.63, 3.8) is 0 Å². The molecule has 7 aromatic rings. The molecule has 2 fully saturated rings. The minimum absolute atomic E-state index is 0. The van der Waals surface area contributed by atoms with Crippen LogP contribution in [0.2, 0.25) is 20.1 Å². The second-order valence-electron chi connectivity index (χ2n) is 18.5. The van der Waals surface area contributed by atoms with Crippen molar-refractivity contribution in [3.8, 4) is 39.5 Å². The minimum Gasteiger partial charge on any atom is -0.495 e. The predicted octanol–water partition coefficient (Wildman–Crippen LogP) is 6.69. The Bertz CT molecular complexity index is 3650. The summed E-state index contributed by atoms with van der Waals surface area (Å²) in [5.74, 6) is 1.61. The fourth-order valence-corrected chi connectivity index (χ4v) is 10.8. The van der Waals surface area contributed by atoms with Crippen molar-refractivity contribution in [3.05, 3.63) is 121 Å². The number of carbonyl (C=O) groups is 3. The molecule has 2 aliphatic heterocycles. The molecule has 9 rings (SSSR count). The van der Waals surface area contributed by atoms with Gasteiger partial charge in [0.05, 0.1) is 96.1 Å². The van der Waals surface area contributed by atoms with E-state index in [1.54, 1.807) is 61.7 Å². The quantitative estimate of drug-likeness (QED) is 0.0594. The maximum Gasteiger partial charge on any atom is 0.260 e. The summed E-state index contributed by atoms with van der Waals surface area (Å²) in [6.07, 6.45) is 7.25. The van der Waals surface area contributed by atoms with Gasteiger partial charge in [0.25, 0.3) is 11.1 Å². The molecule has 3 amide bonds. The van der Waals surface area contributed by atoms with E-state index in [0.29, 0.717) is 87.6 Å². The Balaban J connectivity index is 0.000000231. The third kappa shape index (κ3) is 12.7. The first-order valence-electron chi connectivity index (χ1n) is 24.6. The molecule has 0 aliphatic carbocycles. The van der Waals surface area contributed by atoms with Gasteiger partial charge in [0, 0.05) is 93.7 Å². The first kappa shape index (κ1) is 60.7. The lowest BCUT2D eigenvalue weighted by Crippen LogP contribution is -2.45. The highest BCUT2D eigenvalue weighted by molar-refractivity contribution is 6.41. The van der Waals surface area contributed by atoms with Crippen molar-refractivity contribution >= 4 is 104 Å². The smallest absolute Gasteiger partial charge is 0.260 e. The largest absolute Gasteiger partial charge is 0.495 e. The van der Waals surface area contributed by atoms with Gasteiger partial charge in [-0.2, -0.15) is 15.1 Å². The summed E-state index contributed by atoms with van der Waals surface area (Å²) >= 11 is 26.4. The Labute approximate surface area is 485 Å². The lowest BCUT2D eigenvalue weighted by molar-refractivity contribution is -0.128. The van der Waals surface area contributed by atoms with Crippen LogP contribution < -0.4 is 51.5 Å². The Morgan fingerprint density at radius 3 is 1.74 bits per heavy atom. The van der Waals surface area contributed by atoms with Crippen LogP contribution >= 0.6 is 46.4 Å². The SMILES string of the molecule is C.C=CC(=O)NC1CN(C(C)=O)CC1Nc1ncc2cc(-c3c(Cl)c(C)cc(OC)c3Cl)c(=O)n(CCOC)c2n1.C=CC(=O)N[C@@H]1CN(c2ccn[nH]2)C[C@@H]1Nc1ncc2cc(-c3c(Cl)c(OC)cc(OC)c3Cl)c(=O)n(C)c2n1. The lowest BCUT2D eigenvalue weighted by Gasteiger charge is -2.21. The van der Waals surface area contributed by atoms with Crippen LogP contribution in [0.15, 0.2) is 83.8 Å². The van der Waals surface area contributed by atoms with E-state index >= 15 is 0 Å². The average molecular weight is 1190 g/mol. The number of amides is 3. The van der Waals surface area contributed by atoms with Gasteiger partial charge in [-0.3, -0.25) is 38.2 Å². The summed E-state index contributed by atoms with van der Waals surface area (Å²) in [5.41, 5.74) is 1.86. The van der Waals surface area contributed by atoms with E-state index in [0.717, 1.165) is 5.82 Å². The zero-order valence-corrected chi connectivity index (χ0v) is 47.5. The van der Waals surface area contributed by atoms with Gasteiger partial charge in [-0.1, -0.05) is 67.0 Å². The molecule has 0 spiro atoms. The van der Waals surface area contributed by atoms with Gasteiger partial charge in [-0.15, -0.1) is 0 Å². The number of aromatic amines is 1. The number of pyridine rings is 2. The molecule has 2 unspecified atom stereocenters. The van der Waals surface area contributed by atoms with E-state index in [1.165, 1.54) is 56.6 Å². The van der Waals surface area contributed by atoms with Gasteiger partial charge in [0.15, 0.2) is 0 Å². The molecule has 23 nitrogen and oxygen atoms in total. The second-order valence-corrected chi connectivity index (χ2v) is 20.0. The Hall–Kier alpha value is -7.96. The van der Waals surface area contributed by atoms with Crippen LogP contribution in [0.5, 0.6) is 17.2 Å². The number of hydrogen-bond acceptors (Lipinski definition) is 17. The third-order valence-electron chi connectivity index (χ3n) is 13.5. The number of likely N-dealkylation sites (tertiary alicyclic amines) is 1. The maximum atomic E-state index is 13.9. The highest BCUT2D eigenvalue weighted by Gasteiger charge is 2.37. The molecule has 0 bridgehead atoms. The monoisotopic (exact) mass is 1190 g/mol. The predicted molar refractivity (Wildman–Crippen MR) is 315 cm³/mol. The maximum absolute atomic E-state index is 13.9. The highest BCUT2D eigenvalue weighted by Crippen LogP contribution is 2.46. The van der Waals surface area contributed by atoms with Crippen LogP contribution in [0.25, 0.3) is 44.3 Å². The number of H-pyrrole nitrogens is 1. The molecule has 5 N–H and O–H groups in total. The summed E-state index contributed by atoms with van der Waals surface area (Å²) in [6.45, 7) is 12.5. The van der Waals surface area contributed by atoms with Gasteiger partial charge in [-0.05, 0) is 42.8 Å². The molecule has 81 heavy (non-hydrogen) atoms. The van der Waals surface area contributed by atoms with Crippen LogP contribution in [-0.2, 0) is 32.7 Å². The van der Waals surface area contributed by atoms with E-state index < -0.39 is 6.04 Å². The van der Waals surface area contributed by atoms with Gasteiger partial charge < -0.3 is 50.0 Å². The van der Waals surface area contributed by atoms with E-state index in [-0.39, 0.29) is 105 Å². The molecule has 5 aromatic heterocycles. The molecule has 2 aliphatic rings. The fraction of sp³-hybridized carbons (Fsp3) is 0.333. The van der Waals surface area contributed by atoms with E-state index in [1.807, 2.05) is 6.07 Å². The summed E-state index contributed by atoms with van der Waals surface area (Å²) in [4.78, 5) is 85.4. The third-order valence-corrected chi connectivity index (χ3v) is 15.2. The molecule has 4 atom stereocenters. The van der Waals surface area contributed by atoms with Gasteiger partial charge >= 0.3 is 0 Å². The minimum atomic E-state index is -0.396. The number of methoxy groups -OCH3 is 4. The highest BCUT2D eigenvalue weighted by atomic mass is 35.5. The number of rotatable bonds is 17. The molecule has 428 valence electrons. The molecule has 0 radical (unpaired) electrons. The van der Waals surface area contributed by atoms with Crippen LogP contribution in [0, 0.1) is 6.92 Å². The van der Waals surface area contributed by atoms with Crippen molar-refractivity contribution in [2.45, 2.75) is 52.0 Å².